The van der Waals surface area contributed by atoms with Gasteiger partial charge in [0, 0.05) is 11.6 Å². The van der Waals surface area contributed by atoms with Crippen LogP contribution in [0.25, 0.3) is 23.2 Å². The Kier molecular flexibility index (Phi) is 10.7. The molecule has 9 nitrogen and oxygen atoms in total. The number of hydrogen-bond donors (Lipinski definition) is 1. The molecule has 2 heterocycles. The van der Waals surface area contributed by atoms with Crippen LogP contribution < -0.4 is 15.0 Å². The fourth-order valence-electron chi connectivity index (χ4n) is 5.02. The van der Waals surface area contributed by atoms with Crippen LogP contribution in [0.2, 0.25) is 0 Å². The Morgan fingerprint density at radius 3 is 2.58 bits per heavy atom. The molecular formula is C34H32BrF3N6O3S. The van der Waals surface area contributed by atoms with Crippen molar-refractivity contribution in [3.05, 3.63) is 94.2 Å². The number of nitrogens with zero attached hydrogens (tertiary/aromatic N) is 5. The Hall–Kier alpha value is -4.43. The summed E-state index contributed by atoms with van der Waals surface area (Å²) in [4.78, 5) is 36.0. The summed E-state index contributed by atoms with van der Waals surface area (Å²) in [6, 6.07) is 18.0. The Morgan fingerprint density at radius 1 is 1.12 bits per heavy atom. The van der Waals surface area contributed by atoms with Gasteiger partial charge in [-0.25, -0.2) is 14.5 Å². The number of carbonyl (C=O) groups is 2. The number of alkyl halides is 3. The number of benzene rings is 3. The van der Waals surface area contributed by atoms with Crippen LogP contribution in [0.4, 0.5) is 23.7 Å². The Morgan fingerprint density at radius 2 is 1.88 bits per heavy atom. The number of amides is 3. The van der Waals surface area contributed by atoms with Crippen molar-refractivity contribution in [1.82, 2.24) is 20.1 Å². The van der Waals surface area contributed by atoms with E-state index in [0.717, 1.165) is 32.4 Å². The van der Waals surface area contributed by atoms with Crippen LogP contribution >= 0.6 is 27.7 Å². The van der Waals surface area contributed by atoms with E-state index in [-0.39, 0.29) is 29.4 Å². The highest BCUT2D eigenvalue weighted by Crippen LogP contribution is 2.34. The van der Waals surface area contributed by atoms with Crippen LogP contribution in [-0.4, -0.2) is 50.0 Å². The molecule has 1 aromatic heterocycles. The maximum absolute atomic E-state index is 12.9. The molecule has 1 saturated heterocycles. The molecule has 0 saturated carbocycles. The van der Waals surface area contributed by atoms with Crippen LogP contribution in [0.15, 0.2) is 82.5 Å². The Balaban J connectivity index is 1.22. The molecule has 0 aliphatic carbocycles. The number of rotatable bonds is 9. The molecule has 1 fully saturated rings. The molecule has 0 bridgehead atoms. The van der Waals surface area contributed by atoms with Gasteiger partial charge in [-0.05, 0) is 89.8 Å². The highest BCUT2D eigenvalue weighted by Gasteiger charge is 2.33. The highest BCUT2D eigenvalue weighted by molar-refractivity contribution is 9.11. The predicted molar refractivity (Wildman–Crippen MR) is 186 cm³/mol. The first-order chi connectivity index (χ1) is 22.8. The third-order valence-corrected chi connectivity index (χ3v) is 8.65. The van der Waals surface area contributed by atoms with Crippen LogP contribution in [0.5, 0.6) is 5.75 Å². The molecule has 1 aliphatic rings. The number of carbonyl (C=O) groups excluding carboxylic acids is 2. The van der Waals surface area contributed by atoms with E-state index in [2.05, 4.69) is 54.9 Å². The van der Waals surface area contributed by atoms with Gasteiger partial charge in [0.05, 0.1) is 17.1 Å². The van der Waals surface area contributed by atoms with Crippen molar-refractivity contribution in [3.8, 4) is 22.8 Å². The number of aromatic nitrogens is 3. The minimum absolute atomic E-state index is 0.115. The average molecular weight is 742 g/mol. The van der Waals surface area contributed by atoms with Crippen molar-refractivity contribution in [3.63, 3.8) is 0 Å². The lowest BCUT2D eigenvalue weighted by atomic mass is 9.99. The zero-order valence-corrected chi connectivity index (χ0v) is 28.9. The van der Waals surface area contributed by atoms with Gasteiger partial charge in [0.25, 0.3) is 0 Å². The summed E-state index contributed by atoms with van der Waals surface area (Å²) < 4.78 is 43.6. The van der Waals surface area contributed by atoms with Gasteiger partial charge in [-0.15, -0.1) is 18.3 Å². The second-order valence-corrected chi connectivity index (χ2v) is 13.4. The summed E-state index contributed by atoms with van der Waals surface area (Å²) in [6.45, 7) is 7.95. The quantitative estimate of drug-likeness (QED) is 0.184. The molecule has 3 aromatic carbocycles. The monoisotopic (exact) mass is 740 g/mol. The van der Waals surface area contributed by atoms with E-state index in [1.807, 2.05) is 62.4 Å². The van der Waals surface area contributed by atoms with Gasteiger partial charge in [-0.3, -0.25) is 9.69 Å². The molecule has 250 valence electrons. The minimum Gasteiger partial charge on any atom is -0.406 e. The van der Waals surface area contributed by atoms with E-state index >= 15 is 0 Å². The Bertz CT molecular complexity index is 1870. The topological polar surface area (TPSA) is 102 Å². The zero-order valence-electron chi connectivity index (χ0n) is 26.5. The zero-order chi connectivity index (χ0) is 34.6. The first-order valence-corrected chi connectivity index (χ1v) is 16.7. The lowest BCUT2D eigenvalue weighted by Crippen LogP contribution is -2.34. The van der Waals surface area contributed by atoms with Gasteiger partial charge in [0.2, 0.25) is 5.91 Å². The maximum atomic E-state index is 12.9. The van der Waals surface area contributed by atoms with Gasteiger partial charge >= 0.3 is 12.4 Å². The van der Waals surface area contributed by atoms with Crippen molar-refractivity contribution < 1.29 is 27.5 Å². The molecule has 5 rings (SSSR count). The fourth-order valence-corrected chi connectivity index (χ4v) is 6.63. The summed E-state index contributed by atoms with van der Waals surface area (Å²) in [5, 5.41) is 7.72. The average Bonchev–Trinajstić information content (AvgIpc) is 3.63. The molecule has 3 amide bonds. The molecule has 1 unspecified atom stereocenters. The number of aliphatic imine (C=N–C) groups is 1. The van der Waals surface area contributed by atoms with Crippen LogP contribution in [0.3, 0.4) is 0 Å². The number of ether oxygens (including phenoxy) is 1. The standard InChI is InChI=1S/C34H32BrF3N6O3S/c1-20(2)28-13-8-21(3)14-29(28)44-30(45)18-48-33(44)41-32(46)40-22(4)15-25(35)17-23-6-5-7-24(16-23)31-39-19-43(42-31)26-9-11-27(12-10-26)47-34(36,37)38/h5-14,16-17,19-20,22H,15,18H2,1-4H3,(H,40,46)/b25-17+,41-33?. The number of amidine groups is 1. The van der Waals surface area contributed by atoms with Crippen molar-refractivity contribution in [2.75, 3.05) is 10.7 Å². The van der Waals surface area contributed by atoms with Gasteiger partial charge in [-0.2, -0.15) is 4.99 Å². The smallest absolute Gasteiger partial charge is 0.406 e. The van der Waals surface area contributed by atoms with E-state index in [9.17, 15) is 22.8 Å². The molecule has 0 radical (unpaired) electrons. The minimum atomic E-state index is -4.77. The summed E-state index contributed by atoms with van der Waals surface area (Å²) >= 11 is 4.85. The lowest BCUT2D eigenvalue weighted by Gasteiger charge is -2.22. The molecule has 1 N–H and O–H groups in total. The maximum Gasteiger partial charge on any atom is 0.573 e. The molecule has 4 aromatic rings. The van der Waals surface area contributed by atoms with E-state index in [1.165, 1.54) is 47.0 Å². The predicted octanol–water partition coefficient (Wildman–Crippen LogP) is 8.62. The van der Waals surface area contributed by atoms with Crippen molar-refractivity contribution >= 4 is 56.6 Å². The molecular weight excluding hydrogens is 709 g/mol. The number of nitrogens with one attached hydrogen (secondary N) is 1. The van der Waals surface area contributed by atoms with E-state index in [4.69, 9.17) is 0 Å². The lowest BCUT2D eigenvalue weighted by molar-refractivity contribution is -0.274. The van der Waals surface area contributed by atoms with Gasteiger partial charge in [0.15, 0.2) is 11.0 Å². The number of hydrogen-bond acceptors (Lipinski definition) is 6. The highest BCUT2D eigenvalue weighted by atomic mass is 79.9. The Labute approximate surface area is 288 Å². The van der Waals surface area contributed by atoms with Crippen molar-refractivity contribution in [2.24, 2.45) is 4.99 Å². The third-order valence-electron chi connectivity index (χ3n) is 7.18. The normalized spacial score (nSPS) is 15.4. The summed E-state index contributed by atoms with van der Waals surface area (Å²) in [6.07, 6.45) is -0.888. The molecule has 48 heavy (non-hydrogen) atoms. The number of thioether (sulfide) groups is 1. The summed E-state index contributed by atoms with van der Waals surface area (Å²) in [7, 11) is 0. The second-order valence-electron chi connectivity index (χ2n) is 11.5. The largest absolute Gasteiger partial charge is 0.573 e. The molecule has 1 atom stereocenters. The molecule has 1 aliphatic heterocycles. The van der Waals surface area contributed by atoms with Crippen LogP contribution in [0.1, 0.15) is 49.8 Å². The van der Waals surface area contributed by atoms with E-state index in [1.54, 1.807) is 4.90 Å². The van der Waals surface area contributed by atoms with Gasteiger partial charge < -0.3 is 10.1 Å². The van der Waals surface area contributed by atoms with Crippen LogP contribution in [-0.2, 0) is 4.79 Å². The first kappa shape index (κ1) is 34.9. The number of aryl methyl sites for hydroxylation is 1. The van der Waals surface area contributed by atoms with Crippen molar-refractivity contribution in [2.45, 2.75) is 52.4 Å². The summed E-state index contributed by atoms with van der Waals surface area (Å²) in [5.74, 6) is 0.386. The fraction of sp³-hybridized carbons (Fsp3) is 0.265. The van der Waals surface area contributed by atoms with E-state index in [0.29, 0.717) is 23.1 Å². The number of anilines is 1. The van der Waals surface area contributed by atoms with Gasteiger partial charge in [0.1, 0.15) is 12.1 Å². The van der Waals surface area contributed by atoms with Gasteiger partial charge in [-0.1, -0.05) is 71.9 Å². The van der Waals surface area contributed by atoms with Crippen molar-refractivity contribution in [1.29, 1.82) is 0 Å². The SMILES string of the molecule is Cc1ccc(C(C)C)c(N2C(=O)CSC2=NC(=O)NC(C)C/C(Br)=C\c2cccc(-c3ncn(-c4ccc(OC(F)(F)F)cc4)n3)c2)c1. The molecule has 14 heteroatoms. The summed E-state index contributed by atoms with van der Waals surface area (Å²) in [5.41, 5.74) is 4.89. The third kappa shape index (κ3) is 8.92. The second kappa shape index (κ2) is 14.8. The first-order valence-electron chi connectivity index (χ1n) is 15.0. The van der Waals surface area contributed by atoms with E-state index < -0.39 is 12.4 Å². The number of urea groups is 1. The molecule has 0 spiro atoms. The van der Waals surface area contributed by atoms with Crippen LogP contribution in [0, 0.1) is 6.92 Å². The number of halogens is 4.